The highest BCUT2D eigenvalue weighted by molar-refractivity contribution is 6.30. The van der Waals surface area contributed by atoms with Gasteiger partial charge in [0.2, 0.25) is 0 Å². The van der Waals surface area contributed by atoms with E-state index in [0.29, 0.717) is 5.88 Å². The number of nitrogens with zero attached hydrogens (tertiary/aromatic N) is 2. The minimum Gasteiger partial charge on any atom is -0.370 e. The first kappa shape index (κ1) is 13.2. The van der Waals surface area contributed by atoms with Crippen molar-refractivity contribution in [1.29, 1.82) is 0 Å². The van der Waals surface area contributed by atoms with Crippen LogP contribution in [0.2, 0.25) is 5.02 Å². The number of pyridine rings is 1. The van der Waals surface area contributed by atoms with E-state index in [2.05, 4.69) is 16.0 Å². The van der Waals surface area contributed by atoms with Crippen LogP contribution in [0.25, 0.3) is 0 Å². The van der Waals surface area contributed by atoms with Gasteiger partial charge in [-0.2, -0.15) is 0 Å². The number of benzene rings is 1. The normalized spacial score (nSPS) is 10.4. The van der Waals surface area contributed by atoms with E-state index < -0.39 is 0 Å². The van der Waals surface area contributed by atoms with Gasteiger partial charge < -0.3 is 4.90 Å². The van der Waals surface area contributed by atoms with Crippen LogP contribution in [-0.4, -0.2) is 12.0 Å². The Morgan fingerprint density at radius 2 is 2.06 bits per heavy atom. The molecule has 0 bridgehead atoms. The summed E-state index contributed by atoms with van der Waals surface area (Å²) in [6, 6.07) is 11.8. The lowest BCUT2D eigenvalue weighted by atomic mass is 10.2. The van der Waals surface area contributed by atoms with E-state index >= 15 is 0 Å². The molecular formula is C14H14Cl2N2. The van der Waals surface area contributed by atoms with E-state index in [-0.39, 0.29) is 0 Å². The van der Waals surface area contributed by atoms with E-state index in [9.17, 15) is 0 Å². The van der Waals surface area contributed by atoms with Gasteiger partial charge in [0, 0.05) is 30.5 Å². The fourth-order valence-electron chi connectivity index (χ4n) is 1.78. The maximum atomic E-state index is 5.98. The van der Waals surface area contributed by atoms with Gasteiger partial charge in [-0.3, -0.25) is 4.98 Å². The van der Waals surface area contributed by atoms with E-state index in [4.69, 9.17) is 23.2 Å². The van der Waals surface area contributed by atoms with Crippen molar-refractivity contribution in [3.8, 4) is 0 Å². The molecule has 0 unspecified atom stereocenters. The summed E-state index contributed by atoms with van der Waals surface area (Å²) in [7, 11) is 2.04. The molecule has 18 heavy (non-hydrogen) atoms. The molecule has 1 aromatic heterocycles. The zero-order valence-electron chi connectivity index (χ0n) is 10.1. The van der Waals surface area contributed by atoms with Crippen LogP contribution in [0.5, 0.6) is 0 Å². The molecule has 0 radical (unpaired) electrons. The van der Waals surface area contributed by atoms with Crippen LogP contribution in [-0.2, 0) is 12.4 Å². The fraction of sp³-hybridized carbons (Fsp3) is 0.214. The molecule has 1 heterocycles. The topological polar surface area (TPSA) is 16.1 Å². The lowest BCUT2D eigenvalue weighted by Gasteiger charge is -2.19. The minimum absolute atomic E-state index is 0.429. The fourth-order valence-corrected chi connectivity index (χ4v) is 2.14. The van der Waals surface area contributed by atoms with Gasteiger partial charge in [-0.15, -0.1) is 11.6 Å². The smallest absolute Gasteiger partial charge is 0.0648 e. The molecule has 0 fully saturated rings. The van der Waals surface area contributed by atoms with Gasteiger partial charge in [0.25, 0.3) is 0 Å². The summed E-state index contributed by atoms with van der Waals surface area (Å²) in [6.07, 6.45) is 1.78. The highest BCUT2D eigenvalue weighted by Crippen LogP contribution is 2.18. The molecule has 0 aliphatic carbocycles. The van der Waals surface area contributed by atoms with Crippen molar-refractivity contribution in [1.82, 2.24) is 4.98 Å². The number of halogens is 2. The molecule has 0 aliphatic rings. The largest absolute Gasteiger partial charge is 0.370 e. The second-order valence-electron chi connectivity index (χ2n) is 4.12. The van der Waals surface area contributed by atoms with Crippen LogP contribution in [0, 0.1) is 0 Å². The first-order chi connectivity index (χ1) is 8.69. The standard InChI is InChI=1S/C14H14Cl2N2/c1-18(10-11-3-2-4-12(16)7-11)14-5-6-17-13(8-14)9-15/h2-8H,9-10H2,1H3. The SMILES string of the molecule is CN(Cc1cccc(Cl)c1)c1ccnc(CCl)c1. The van der Waals surface area contributed by atoms with Gasteiger partial charge >= 0.3 is 0 Å². The molecule has 2 aromatic rings. The average Bonchev–Trinajstić information content (AvgIpc) is 2.39. The summed E-state index contributed by atoms with van der Waals surface area (Å²) in [6.45, 7) is 0.798. The van der Waals surface area contributed by atoms with Crippen LogP contribution >= 0.6 is 23.2 Å². The Morgan fingerprint density at radius 3 is 2.78 bits per heavy atom. The molecular weight excluding hydrogens is 267 g/mol. The van der Waals surface area contributed by atoms with Gasteiger partial charge in [-0.1, -0.05) is 23.7 Å². The Bertz CT molecular complexity index is 529. The van der Waals surface area contributed by atoms with E-state index in [1.54, 1.807) is 6.20 Å². The first-order valence-electron chi connectivity index (χ1n) is 5.65. The Morgan fingerprint density at radius 1 is 1.22 bits per heavy atom. The van der Waals surface area contributed by atoms with Crippen LogP contribution in [0.15, 0.2) is 42.6 Å². The number of aromatic nitrogens is 1. The predicted octanol–water partition coefficient (Wildman–Crippen LogP) is 4.11. The van der Waals surface area contributed by atoms with Crippen molar-refractivity contribution < 1.29 is 0 Å². The Kier molecular flexibility index (Phi) is 4.45. The number of alkyl halides is 1. The molecule has 2 rings (SSSR count). The third-order valence-corrected chi connectivity index (χ3v) is 3.20. The predicted molar refractivity (Wildman–Crippen MR) is 77.4 cm³/mol. The molecule has 0 spiro atoms. The lowest BCUT2D eigenvalue weighted by molar-refractivity contribution is 0.917. The van der Waals surface area contributed by atoms with Crippen molar-refractivity contribution in [3.63, 3.8) is 0 Å². The van der Waals surface area contributed by atoms with Crippen molar-refractivity contribution in [3.05, 3.63) is 58.9 Å². The molecule has 0 atom stereocenters. The molecule has 0 saturated carbocycles. The average molecular weight is 281 g/mol. The van der Waals surface area contributed by atoms with Crippen LogP contribution in [0.1, 0.15) is 11.3 Å². The summed E-state index contributed by atoms with van der Waals surface area (Å²) >= 11 is 11.8. The highest BCUT2D eigenvalue weighted by Gasteiger charge is 2.04. The number of hydrogen-bond acceptors (Lipinski definition) is 2. The molecule has 94 valence electrons. The Hall–Kier alpha value is -1.25. The molecule has 4 heteroatoms. The van der Waals surface area contributed by atoms with Gasteiger partial charge in [0.1, 0.15) is 0 Å². The molecule has 0 amide bonds. The number of anilines is 1. The van der Waals surface area contributed by atoms with Gasteiger partial charge in [-0.05, 0) is 29.8 Å². The monoisotopic (exact) mass is 280 g/mol. The maximum absolute atomic E-state index is 5.98. The molecule has 2 nitrogen and oxygen atoms in total. The zero-order chi connectivity index (χ0) is 13.0. The van der Waals surface area contributed by atoms with Gasteiger partial charge in [0.05, 0.1) is 11.6 Å². The van der Waals surface area contributed by atoms with E-state index in [1.165, 1.54) is 5.56 Å². The van der Waals surface area contributed by atoms with Crippen LogP contribution in [0.3, 0.4) is 0 Å². The summed E-state index contributed by atoms with van der Waals surface area (Å²) < 4.78 is 0. The third-order valence-electron chi connectivity index (χ3n) is 2.69. The van der Waals surface area contributed by atoms with Crippen molar-refractivity contribution in [2.45, 2.75) is 12.4 Å². The van der Waals surface area contributed by atoms with Crippen molar-refractivity contribution >= 4 is 28.9 Å². The van der Waals surface area contributed by atoms with Crippen LogP contribution < -0.4 is 4.90 Å². The second-order valence-corrected chi connectivity index (χ2v) is 4.83. The van der Waals surface area contributed by atoms with Crippen molar-refractivity contribution in [2.75, 3.05) is 11.9 Å². The summed E-state index contributed by atoms with van der Waals surface area (Å²) in [4.78, 5) is 6.32. The summed E-state index contributed by atoms with van der Waals surface area (Å²) in [5, 5.41) is 0.761. The Balaban J connectivity index is 2.13. The molecule has 0 aliphatic heterocycles. The first-order valence-corrected chi connectivity index (χ1v) is 6.57. The summed E-state index contributed by atoms with van der Waals surface area (Å²) in [5.41, 5.74) is 3.15. The third kappa shape index (κ3) is 3.37. The second kappa shape index (κ2) is 6.07. The molecule has 0 N–H and O–H groups in total. The molecule has 0 saturated heterocycles. The van der Waals surface area contributed by atoms with Crippen LogP contribution in [0.4, 0.5) is 5.69 Å². The lowest BCUT2D eigenvalue weighted by Crippen LogP contribution is -2.16. The number of rotatable bonds is 4. The highest BCUT2D eigenvalue weighted by atomic mass is 35.5. The van der Waals surface area contributed by atoms with E-state index in [1.807, 2.05) is 37.4 Å². The quantitative estimate of drug-likeness (QED) is 0.784. The van der Waals surface area contributed by atoms with Gasteiger partial charge in [-0.25, -0.2) is 0 Å². The minimum atomic E-state index is 0.429. The van der Waals surface area contributed by atoms with Crippen molar-refractivity contribution in [2.24, 2.45) is 0 Å². The Labute approximate surface area is 117 Å². The number of hydrogen-bond donors (Lipinski definition) is 0. The summed E-state index contributed by atoms with van der Waals surface area (Å²) in [5.74, 6) is 0.429. The van der Waals surface area contributed by atoms with Gasteiger partial charge in [0.15, 0.2) is 0 Å². The van der Waals surface area contributed by atoms with E-state index in [0.717, 1.165) is 22.9 Å². The zero-order valence-corrected chi connectivity index (χ0v) is 11.6. The maximum Gasteiger partial charge on any atom is 0.0648 e. The molecule has 1 aromatic carbocycles.